The molecule has 5 nitrogen and oxygen atoms in total. The fourth-order valence-electron chi connectivity index (χ4n) is 1.48. The molecule has 0 aliphatic rings. The fraction of sp³-hybridized carbons (Fsp3) is 0.0714. The van der Waals surface area contributed by atoms with Gasteiger partial charge >= 0.3 is 0 Å². The first-order chi connectivity index (χ1) is 9.70. The summed E-state index contributed by atoms with van der Waals surface area (Å²) in [6.07, 6.45) is 4.12. The summed E-state index contributed by atoms with van der Waals surface area (Å²) in [6.45, 7) is -0.305. The lowest BCUT2D eigenvalue weighted by molar-refractivity contribution is 0.102. The number of rotatable bonds is 2. The molecule has 20 heavy (non-hydrogen) atoms. The molecular formula is C14H10FN3O2. The van der Waals surface area contributed by atoms with E-state index in [9.17, 15) is 9.18 Å². The molecule has 0 unspecified atom stereocenters. The van der Waals surface area contributed by atoms with E-state index in [2.05, 4.69) is 27.1 Å². The van der Waals surface area contributed by atoms with Crippen molar-refractivity contribution < 1.29 is 14.3 Å². The van der Waals surface area contributed by atoms with Crippen LogP contribution >= 0.6 is 0 Å². The molecule has 100 valence electrons. The van der Waals surface area contributed by atoms with Gasteiger partial charge < -0.3 is 10.4 Å². The normalized spacial score (nSPS) is 9.50. The van der Waals surface area contributed by atoms with Crippen molar-refractivity contribution in [3.8, 4) is 11.8 Å². The van der Waals surface area contributed by atoms with E-state index in [1.54, 1.807) is 0 Å². The Balaban J connectivity index is 2.25. The summed E-state index contributed by atoms with van der Waals surface area (Å²) in [7, 11) is 0. The molecule has 1 amide bonds. The van der Waals surface area contributed by atoms with Crippen molar-refractivity contribution in [1.82, 2.24) is 9.97 Å². The SMILES string of the molecule is O=C(Nc1cncnc1)c1cc(C#CCO)ccc1F. The summed E-state index contributed by atoms with van der Waals surface area (Å²) >= 11 is 0. The minimum absolute atomic E-state index is 0.140. The summed E-state index contributed by atoms with van der Waals surface area (Å²) in [6, 6.07) is 3.90. The topological polar surface area (TPSA) is 75.1 Å². The number of halogens is 1. The second kappa shape index (κ2) is 6.41. The van der Waals surface area contributed by atoms with Gasteiger partial charge in [0, 0.05) is 5.56 Å². The number of nitrogens with zero attached hydrogens (tertiary/aromatic N) is 2. The molecule has 0 fully saturated rings. The molecule has 6 heteroatoms. The number of benzene rings is 1. The van der Waals surface area contributed by atoms with Crippen LogP contribution in [0.4, 0.5) is 10.1 Å². The molecule has 1 heterocycles. The maximum Gasteiger partial charge on any atom is 0.258 e. The smallest absolute Gasteiger partial charge is 0.258 e. The van der Waals surface area contributed by atoms with Crippen molar-refractivity contribution in [2.75, 3.05) is 11.9 Å². The second-order valence-electron chi connectivity index (χ2n) is 3.74. The number of amides is 1. The van der Waals surface area contributed by atoms with Gasteiger partial charge in [0.2, 0.25) is 0 Å². The van der Waals surface area contributed by atoms with Gasteiger partial charge in [0.1, 0.15) is 18.8 Å². The van der Waals surface area contributed by atoms with Gasteiger partial charge in [-0.15, -0.1) is 0 Å². The van der Waals surface area contributed by atoms with Gasteiger partial charge in [-0.25, -0.2) is 14.4 Å². The predicted molar refractivity (Wildman–Crippen MR) is 70.3 cm³/mol. The van der Waals surface area contributed by atoms with E-state index in [-0.39, 0.29) is 12.2 Å². The summed E-state index contributed by atoms with van der Waals surface area (Å²) in [5.41, 5.74) is 0.664. The molecule has 0 aliphatic carbocycles. The standard InChI is InChI=1S/C14H10FN3O2/c15-13-4-3-10(2-1-5-19)6-12(13)14(20)18-11-7-16-9-17-8-11/h3-4,6-9,19H,5H2,(H,18,20). The van der Waals surface area contributed by atoms with Crippen LogP contribution in [0.3, 0.4) is 0 Å². The third-order valence-electron chi connectivity index (χ3n) is 2.34. The molecule has 1 aromatic carbocycles. The second-order valence-corrected chi connectivity index (χ2v) is 3.74. The number of carbonyl (C=O) groups excluding carboxylic acids is 1. The first-order valence-corrected chi connectivity index (χ1v) is 5.66. The minimum atomic E-state index is -0.658. The molecule has 2 rings (SSSR count). The van der Waals surface area contributed by atoms with Crippen molar-refractivity contribution in [3.63, 3.8) is 0 Å². The number of hydrogen-bond donors (Lipinski definition) is 2. The Morgan fingerprint density at radius 2 is 2.10 bits per heavy atom. The molecule has 0 bridgehead atoms. The van der Waals surface area contributed by atoms with Gasteiger partial charge in [-0.2, -0.15) is 0 Å². The van der Waals surface area contributed by atoms with E-state index >= 15 is 0 Å². The molecule has 0 spiro atoms. The number of aliphatic hydroxyl groups is 1. The van der Waals surface area contributed by atoms with Crippen LogP contribution in [-0.2, 0) is 0 Å². The highest BCUT2D eigenvalue weighted by Gasteiger charge is 2.12. The van der Waals surface area contributed by atoms with Crippen molar-refractivity contribution in [2.45, 2.75) is 0 Å². The average Bonchev–Trinajstić information content (AvgIpc) is 2.47. The van der Waals surface area contributed by atoms with Crippen molar-refractivity contribution >= 4 is 11.6 Å². The Hall–Kier alpha value is -2.78. The first kappa shape index (κ1) is 13.6. The number of carbonyl (C=O) groups is 1. The third-order valence-corrected chi connectivity index (χ3v) is 2.34. The molecule has 0 saturated heterocycles. The average molecular weight is 271 g/mol. The van der Waals surface area contributed by atoms with Crippen LogP contribution in [0.5, 0.6) is 0 Å². The van der Waals surface area contributed by atoms with Gasteiger partial charge in [-0.1, -0.05) is 11.8 Å². The summed E-state index contributed by atoms with van der Waals surface area (Å²) in [5, 5.41) is 11.1. The molecule has 2 N–H and O–H groups in total. The molecule has 0 saturated carbocycles. The van der Waals surface area contributed by atoms with Gasteiger partial charge in [0.25, 0.3) is 5.91 Å². The zero-order valence-electron chi connectivity index (χ0n) is 10.3. The number of anilines is 1. The van der Waals surface area contributed by atoms with Gasteiger partial charge in [-0.05, 0) is 18.2 Å². The van der Waals surface area contributed by atoms with E-state index in [0.29, 0.717) is 11.3 Å². The van der Waals surface area contributed by atoms with E-state index in [4.69, 9.17) is 5.11 Å². The molecule has 0 atom stereocenters. The highest BCUT2D eigenvalue weighted by Crippen LogP contribution is 2.12. The molecular weight excluding hydrogens is 261 g/mol. The lowest BCUT2D eigenvalue weighted by Crippen LogP contribution is -2.14. The van der Waals surface area contributed by atoms with Crippen molar-refractivity contribution in [3.05, 3.63) is 53.9 Å². The molecule has 0 radical (unpaired) electrons. The van der Waals surface area contributed by atoms with Gasteiger partial charge in [0.05, 0.1) is 23.6 Å². The molecule has 0 aliphatic heterocycles. The number of aliphatic hydroxyl groups excluding tert-OH is 1. The van der Waals surface area contributed by atoms with Crippen LogP contribution in [0.2, 0.25) is 0 Å². The summed E-state index contributed by atoms with van der Waals surface area (Å²) in [4.78, 5) is 19.4. The fourth-order valence-corrected chi connectivity index (χ4v) is 1.48. The Morgan fingerprint density at radius 3 is 2.80 bits per heavy atom. The highest BCUT2D eigenvalue weighted by atomic mass is 19.1. The molecule has 1 aromatic heterocycles. The van der Waals surface area contributed by atoms with Crippen LogP contribution in [-0.4, -0.2) is 27.6 Å². The van der Waals surface area contributed by atoms with Crippen LogP contribution in [0.15, 0.2) is 36.9 Å². The zero-order chi connectivity index (χ0) is 14.4. The third kappa shape index (κ3) is 3.37. The van der Waals surface area contributed by atoms with E-state index in [1.807, 2.05) is 0 Å². The van der Waals surface area contributed by atoms with Crippen LogP contribution in [0.25, 0.3) is 0 Å². The number of hydrogen-bond acceptors (Lipinski definition) is 4. The lowest BCUT2D eigenvalue weighted by Gasteiger charge is -2.05. The maximum absolute atomic E-state index is 13.7. The van der Waals surface area contributed by atoms with Gasteiger partial charge in [0.15, 0.2) is 0 Å². The zero-order valence-corrected chi connectivity index (χ0v) is 10.3. The van der Waals surface area contributed by atoms with Crippen molar-refractivity contribution in [1.29, 1.82) is 0 Å². The minimum Gasteiger partial charge on any atom is -0.384 e. The largest absolute Gasteiger partial charge is 0.384 e. The Morgan fingerprint density at radius 1 is 1.35 bits per heavy atom. The Labute approximate surface area is 114 Å². The number of nitrogens with one attached hydrogen (secondary N) is 1. The quantitative estimate of drug-likeness (QED) is 0.805. The number of aromatic nitrogens is 2. The van der Waals surface area contributed by atoms with Crippen molar-refractivity contribution in [2.24, 2.45) is 0 Å². The first-order valence-electron chi connectivity index (χ1n) is 5.66. The van der Waals surface area contributed by atoms with Gasteiger partial charge in [-0.3, -0.25) is 4.79 Å². The lowest BCUT2D eigenvalue weighted by atomic mass is 10.1. The van der Waals surface area contributed by atoms with E-state index in [0.717, 1.165) is 6.07 Å². The maximum atomic E-state index is 13.7. The Bertz CT molecular complexity index is 678. The van der Waals surface area contributed by atoms with E-state index < -0.39 is 11.7 Å². The van der Waals surface area contributed by atoms with Crippen LogP contribution in [0, 0.1) is 17.7 Å². The highest BCUT2D eigenvalue weighted by molar-refractivity contribution is 6.04. The van der Waals surface area contributed by atoms with Crippen LogP contribution < -0.4 is 5.32 Å². The van der Waals surface area contributed by atoms with E-state index in [1.165, 1.54) is 30.9 Å². The summed E-state index contributed by atoms with van der Waals surface area (Å²) < 4.78 is 13.7. The predicted octanol–water partition coefficient (Wildman–Crippen LogP) is 1.21. The summed E-state index contributed by atoms with van der Waals surface area (Å²) in [5.74, 6) is 3.76. The molecule has 2 aromatic rings. The Kier molecular flexibility index (Phi) is 4.37. The van der Waals surface area contributed by atoms with Crippen LogP contribution in [0.1, 0.15) is 15.9 Å². The monoisotopic (exact) mass is 271 g/mol.